The fourth-order valence-electron chi connectivity index (χ4n) is 1.79. The molecule has 0 atom stereocenters. The summed E-state index contributed by atoms with van der Waals surface area (Å²) in [6.45, 7) is 5.77. The second-order valence-electron chi connectivity index (χ2n) is 4.08. The summed E-state index contributed by atoms with van der Waals surface area (Å²) in [6, 6.07) is 10.2. The molecule has 0 aliphatic carbocycles. The van der Waals surface area contributed by atoms with Gasteiger partial charge < -0.3 is 5.32 Å². The van der Waals surface area contributed by atoms with E-state index in [4.69, 9.17) is 0 Å². The standard InChI is InChI=1S/C13H18N4/c1-11-15-12(2)17(16-11)10-6-9-14-13-7-4-3-5-8-13/h3-5,7-8,14H,6,9-10H2,1-2H3. The minimum absolute atomic E-state index is 0.846. The Hall–Kier alpha value is -1.84. The number of aryl methyl sites for hydroxylation is 3. The highest BCUT2D eigenvalue weighted by Crippen LogP contribution is 2.05. The molecule has 1 N–H and O–H groups in total. The molecule has 1 aromatic heterocycles. The van der Waals surface area contributed by atoms with Gasteiger partial charge in [0, 0.05) is 18.8 Å². The zero-order valence-electron chi connectivity index (χ0n) is 10.3. The van der Waals surface area contributed by atoms with Gasteiger partial charge in [0.05, 0.1) is 0 Å². The molecule has 2 aromatic rings. The SMILES string of the molecule is Cc1nc(C)n(CCCNc2ccccc2)n1. The van der Waals surface area contributed by atoms with Crippen LogP contribution in [-0.2, 0) is 6.54 Å². The third-order valence-electron chi connectivity index (χ3n) is 2.61. The smallest absolute Gasteiger partial charge is 0.147 e. The van der Waals surface area contributed by atoms with Gasteiger partial charge in [-0.15, -0.1) is 0 Å². The first kappa shape index (κ1) is 11.6. The summed E-state index contributed by atoms with van der Waals surface area (Å²) in [5.74, 6) is 1.83. The van der Waals surface area contributed by atoms with Crippen molar-refractivity contribution in [2.75, 3.05) is 11.9 Å². The van der Waals surface area contributed by atoms with Crippen LogP contribution >= 0.6 is 0 Å². The number of rotatable bonds is 5. The molecule has 0 unspecified atom stereocenters. The van der Waals surface area contributed by atoms with Crippen LogP contribution in [0.3, 0.4) is 0 Å². The molecule has 90 valence electrons. The molecule has 0 radical (unpaired) electrons. The Balaban J connectivity index is 1.75. The van der Waals surface area contributed by atoms with Crippen LogP contribution in [0.15, 0.2) is 30.3 Å². The summed E-state index contributed by atoms with van der Waals surface area (Å²) in [5.41, 5.74) is 1.17. The lowest BCUT2D eigenvalue weighted by molar-refractivity contribution is 0.571. The Labute approximate surface area is 102 Å². The van der Waals surface area contributed by atoms with Crippen molar-refractivity contribution in [3.63, 3.8) is 0 Å². The average molecular weight is 230 g/mol. The van der Waals surface area contributed by atoms with Crippen molar-refractivity contribution >= 4 is 5.69 Å². The molecule has 17 heavy (non-hydrogen) atoms. The first-order valence-electron chi connectivity index (χ1n) is 5.92. The molecule has 0 aliphatic heterocycles. The Morgan fingerprint density at radius 1 is 1.18 bits per heavy atom. The highest BCUT2D eigenvalue weighted by atomic mass is 15.3. The van der Waals surface area contributed by atoms with E-state index >= 15 is 0 Å². The summed E-state index contributed by atoms with van der Waals surface area (Å²) in [4.78, 5) is 4.28. The molecule has 4 nitrogen and oxygen atoms in total. The van der Waals surface area contributed by atoms with Crippen LogP contribution in [0.2, 0.25) is 0 Å². The first-order chi connectivity index (χ1) is 8.25. The molecule has 0 amide bonds. The van der Waals surface area contributed by atoms with Crippen molar-refractivity contribution in [3.05, 3.63) is 42.0 Å². The maximum atomic E-state index is 4.33. The van der Waals surface area contributed by atoms with Crippen molar-refractivity contribution in [2.45, 2.75) is 26.8 Å². The van der Waals surface area contributed by atoms with Crippen molar-refractivity contribution in [1.29, 1.82) is 0 Å². The molecule has 0 saturated carbocycles. The number of para-hydroxylation sites is 1. The largest absolute Gasteiger partial charge is 0.385 e. The van der Waals surface area contributed by atoms with Gasteiger partial charge in [0.2, 0.25) is 0 Å². The lowest BCUT2D eigenvalue weighted by atomic mass is 10.3. The number of nitrogens with zero attached hydrogens (tertiary/aromatic N) is 3. The molecule has 0 bridgehead atoms. The van der Waals surface area contributed by atoms with Crippen molar-refractivity contribution in [2.24, 2.45) is 0 Å². The molecular formula is C13H18N4. The maximum absolute atomic E-state index is 4.33. The molecule has 0 saturated heterocycles. The minimum atomic E-state index is 0.846. The summed E-state index contributed by atoms with van der Waals surface area (Å²) in [6.07, 6.45) is 1.04. The number of anilines is 1. The zero-order valence-corrected chi connectivity index (χ0v) is 10.3. The lowest BCUT2D eigenvalue weighted by Crippen LogP contribution is -2.09. The number of hydrogen-bond acceptors (Lipinski definition) is 3. The minimum Gasteiger partial charge on any atom is -0.385 e. The Kier molecular flexibility index (Phi) is 3.75. The molecular weight excluding hydrogens is 212 g/mol. The van der Waals surface area contributed by atoms with Crippen LogP contribution in [0, 0.1) is 13.8 Å². The van der Waals surface area contributed by atoms with E-state index in [9.17, 15) is 0 Å². The molecule has 1 heterocycles. The third kappa shape index (κ3) is 3.31. The van der Waals surface area contributed by atoms with E-state index in [1.165, 1.54) is 5.69 Å². The highest BCUT2D eigenvalue weighted by Gasteiger charge is 2.01. The predicted molar refractivity (Wildman–Crippen MR) is 69.0 cm³/mol. The predicted octanol–water partition coefficient (Wildman–Crippen LogP) is 2.40. The van der Waals surface area contributed by atoms with E-state index in [1.54, 1.807) is 0 Å². The van der Waals surface area contributed by atoms with E-state index in [2.05, 4.69) is 27.5 Å². The zero-order chi connectivity index (χ0) is 12.1. The monoisotopic (exact) mass is 230 g/mol. The number of hydrogen-bond donors (Lipinski definition) is 1. The Morgan fingerprint density at radius 3 is 2.59 bits per heavy atom. The second kappa shape index (κ2) is 5.48. The van der Waals surface area contributed by atoms with E-state index in [0.29, 0.717) is 0 Å². The van der Waals surface area contributed by atoms with Gasteiger partial charge in [-0.2, -0.15) is 5.10 Å². The molecule has 0 spiro atoms. The van der Waals surface area contributed by atoms with Gasteiger partial charge in [0.1, 0.15) is 11.6 Å². The fourth-order valence-corrected chi connectivity index (χ4v) is 1.79. The van der Waals surface area contributed by atoms with E-state index in [1.807, 2.05) is 36.7 Å². The highest BCUT2D eigenvalue weighted by molar-refractivity contribution is 5.42. The van der Waals surface area contributed by atoms with Crippen molar-refractivity contribution in [3.8, 4) is 0 Å². The first-order valence-corrected chi connectivity index (χ1v) is 5.92. The third-order valence-corrected chi connectivity index (χ3v) is 2.61. The number of nitrogens with one attached hydrogen (secondary N) is 1. The van der Waals surface area contributed by atoms with Gasteiger partial charge in [0.15, 0.2) is 0 Å². The van der Waals surface area contributed by atoms with Crippen LogP contribution in [0.25, 0.3) is 0 Å². The van der Waals surface area contributed by atoms with Crippen molar-refractivity contribution < 1.29 is 0 Å². The van der Waals surface area contributed by atoms with Crippen LogP contribution in [0.1, 0.15) is 18.1 Å². The van der Waals surface area contributed by atoms with Gasteiger partial charge in [-0.3, -0.25) is 4.68 Å². The van der Waals surface area contributed by atoms with Gasteiger partial charge in [-0.05, 0) is 32.4 Å². The Morgan fingerprint density at radius 2 is 1.94 bits per heavy atom. The average Bonchev–Trinajstić information content (AvgIpc) is 2.65. The normalized spacial score (nSPS) is 10.5. The van der Waals surface area contributed by atoms with Crippen molar-refractivity contribution in [1.82, 2.24) is 14.8 Å². The number of benzene rings is 1. The van der Waals surface area contributed by atoms with Gasteiger partial charge >= 0.3 is 0 Å². The van der Waals surface area contributed by atoms with Crippen LogP contribution < -0.4 is 5.32 Å². The fraction of sp³-hybridized carbons (Fsp3) is 0.385. The maximum Gasteiger partial charge on any atom is 0.147 e. The van der Waals surface area contributed by atoms with Gasteiger partial charge in [0.25, 0.3) is 0 Å². The van der Waals surface area contributed by atoms with E-state index < -0.39 is 0 Å². The topological polar surface area (TPSA) is 42.7 Å². The second-order valence-corrected chi connectivity index (χ2v) is 4.08. The molecule has 1 aromatic carbocycles. The van der Waals surface area contributed by atoms with Gasteiger partial charge in [-0.25, -0.2) is 4.98 Å². The van der Waals surface area contributed by atoms with Crippen LogP contribution in [0.5, 0.6) is 0 Å². The van der Waals surface area contributed by atoms with Crippen LogP contribution in [0.4, 0.5) is 5.69 Å². The molecule has 0 aliphatic rings. The molecule has 0 fully saturated rings. The quantitative estimate of drug-likeness (QED) is 0.802. The molecule has 2 rings (SSSR count). The molecule has 4 heteroatoms. The number of aromatic nitrogens is 3. The summed E-state index contributed by atoms with van der Waals surface area (Å²) < 4.78 is 1.96. The van der Waals surface area contributed by atoms with Crippen LogP contribution in [-0.4, -0.2) is 21.3 Å². The lowest BCUT2D eigenvalue weighted by Gasteiger charge is -2.06. The van der Waals surface area contributed by atoms with E-state index in [0.717, 1.165) is 31.2 Å². The summed E-state index contributed by atoms with van der Waals surface area (Å²) >= 11 is 0. The summed E-state index contributed by atoms with van der Waals surface area (Å²) in [7, 11) is 0. The Bertz CT molecular complexity index is 462. The summed E-state index contributed by atoms with van der Waals surface area (Å²) in [5, 5.41) is 7.71. The van der Waals surface area contributed by atoms with E-state index in [-0.39, 0.29) is 0 Å². The van der Waals surface area contributed by atoms with Gasteiger partial charge in [-0.1, -0.05) is 18.2 Å².